The van der Waals surface area contributed by atoms with Crippen molar-refractivity contribution in [1.82, 2.24) is 9.97 Å². The van der Waals surface area contributed by atoms with E-state index in [1.165, 1.54) is 0 Å². The molecule has 3 nitrogen and oxygen atoms in total. The van der Waals surface area contributed by atoms with Gasteiger partial charge in [0.2, 0.25) is 0 Å². The molecule has 0 atom stereocenters. The Bertz CT molecular complexity index is 297. The Morgan fingerprint density at radius 1 is 0.857 bits per heavy atom. The molecule has 0 aliphatic heterocycles. The van der Waals surface area contributed by atoms with Crippen molar-refractivity contribution in [1.29, 1.82) is 0 Å². The van der Waals surface area contributed by atoms with Crippen molar-refractivity contribution >= 4 is 0 Å². The van der Waals surface area contributed by atoms with Gasteiger partial charge in [0.15, 0.2) is 0 Å². The number of hydrogen-bond acceptors (Lipinski definition) is 3. The molecule has 0 saturated heterocycles. The van der Waals surface area contributed by atoms with E-state index < -0.39 is 0 Å². The quantitative estimate of drug-likeness (QED) is 0.688. The van der Waals surface area contributed by atoms with Gasteiger partial charge in [0, 0.05) is 24.8 Å². The van der Waals surface area contributed by atoms with E-state index in [2.05, 4.69) is 9.97 Å². The SMILES string of the molecule is COc1ccncc1.c1ccncc1. The molecule has 0 amide bonds. The molecule has 0 aliphatic carbocycles. The van der Waals surface area contributed by atoms with Crippen LogP contribution in [0.2, 0.25) is 0 Å². The number of rotatable bonds is 1. The number of methoxy groups -OCH3 is 1. The smallest absolute Gasteiger partial charge is 0.121 e. The van der Waals surface area contributed by atoms with Crippen LogP contribution in [0.3, 0.4) is 0 Å². The minimum absolute atomic E-state index is 0.847. The predicted octanol–water partition coefficient (Wildman–Crippen LogP) is 2.17. The molecule has 0 spiro atoms. The van der Waals surface area contributed by atoms with Crippen LogP contribution < -0.4 is 4.74 Å². The van der Waals surface area contributed by atoms with Crippen molar-refractivity contribution < 1.29 is 4.74 Å². The summed E-state index contributed by atoms with van der Waals surface area (Å²) in [6, 6.07) is 9.33. The van der Waals surface area contributed by atoms with Crippen LogP contribution in [0, 0.1) is 0 Å². The van der Waals surface area contributed by atoms with Gasteiger partial charge < -0.3 is 4.74 Å². The molecule has 14 heavy (non-hydrogen) atoms. The first-order valence-electron chi connectivity index (χ1n) is 4.22. The van der Waals surface area contributed by atoms with E-state index in [9.17, 15) is 0 Å². The molecule has 72 valence electrons. The lowest BCUT2D eigenvalue weighted by Crippen LogP contribution is -1.80. The van der Waals surface area contributed by atoms with Crippen LogP contribution in [-0.2, 0) is 0 Å². The van der Waals surface area contributed by atoms with Gasteiger partial charge in [-0.1, -0.05) is 6.07 Å². The molecule has 0 N–H and O–H groups in total. The summed E-state index contributed by atoms with van der Waals surface area (Å²) in [5, 5.41) is 0. The van der Waals surface area contributed by atoms with Gasteiger partial charge in [0.25, 0.3) is 0 Å². The van der Waals surface area contributed by atoms with Gasteiger partial charge in [0.1, 0.15) is 5.75 Å². The highest BCUT2D eigenvalue weighted by molar-refractivity contribution is 5.16. The third-order valence-corrected chi connectivity index (χ3v) is 1.45. The van der Waals surface area contributed by atoms with Gasteiger partial charge in [0.05, 0.1) is 7.11 Å². The summed E-state index contributed by atoms with van der Waals surface area (Å²) in [7, 11) is 1.63. The van der Waals surface area contributed by atoms with Crippen molar-refractivity contribution in [3.63, 3.8) is 0 Å². The van der Waals surface area contributed by atoms with Gasteiger partial charge >= 0.3 is 0 Å². The van der Waals surface area contributed by atoms with Crippen molar-refractivity contribution in [2.24, 2.45) is 0 Å². The maximum atomic E-state index is 4.87. The number of hydrogen-bond donors (Lipinski definition) is 0. The van der Waals surface area contributed by atoms with Gasteiger partial charge in [-0.3, -0.25) is 9.97 Å². The normalized spacial score (nSPS) is 8.36. The second-order valence-electron chi connectivity index (χ2n) is 2.41. The topological polar surface area (TPSA) is 35.0 Å². The lowest BCUT2D eigenvalue weighted by molar-refractivity contribution is 0.414. The molecule has 0 unspecified atom stereocenters. The van der Waals surface area contributed by atoms with Crippen LogP contribution in [-0.4, -0.2) is 17.1 Å². The van der Waals surface area contributed by atoms with Crippen molar-refractivity contribution in [3.05, 3.63) is 55.1 Å². The third kappa shape index (κ3) is 4.21. The average molecular weight is 188 g/mol. The molecule has 0 fully saturated rings. The first kappa shape index (κ1) is 10.2. The second kappa shape index (κ2) is 6.60. The van der Waals surface area contributed by atoms with Crippen molar-refractivity contribution in [2.45, 2.75) is 0 Å². The summed E-state index contributed by atoms with van der Waals surface area (Å²) >= 11 is 0. The number of ether oxygens (including phenoxy) is 1. The lowest BCUT2D eigenvalue weighted by atomic mass is 10.5. The number of nitrogens with zero attached hydrogens (tertiary/aromatic N) is 2. The molecular weight excluding hydrogens is 176 g/mol. The predicted molar refractivity (Wildman–Crippen MR) is 55.0 cm³/mol. The summed E-state index contributed by atoms with van der Waals surface area (Å²) < 4.78 is 4.87. The fourth-order valence-corrected chi connectivity index (χ4v) is 0.787. The molecular formula is C11H12N2O. The highest BCUT2D eigenvalue weighted by atomic mass is 16.5. The minimum Gasteiger partial charge on any atom is -0.497 e. The van der Waals surface area contributed by atoms with E-state index in [0.29, 0.717) is 0 Å². The van der Waals surface area contributed by atoms with Crippen LogP contribution in [0.25, 0.3) is 0 Å². The van der Waals surface area contributed by atoms with Crippen molar-refractivity contribution in [3.8, 4) is 5.75 Å². The van der Waals surface area contributed by atoms with Gasteiger partial charge in [-0.15, -0.1) is 0 Å². The Morgan fingerprint density at radius 3 is 1.71 bits per heavy atom. The van der Waals surface area contributed by atoms with E-state index in [-0.39, 0.29) is 0 Å². The van der Waals surface area contributed by atoms with Crippen LogP contribution in [0.15, 0.2) is 55.1 Å². The molecule has 3 heteroatoms. The van der Waals surface area contributed by atoms with E-state index in [4.69, 9.17) is 4.74 Å². The standard InChI is InChI=1S/C6H7NO.C5H5N/c1-8-6-2-4-7-5-3-6;1-2-4-6-5-3-1/h2-5H,1H3;1-5H. The van der Waals surface area contributed by atoms with E-state index in [1.54, 1.807) is 44.0 Å². The second-order valence-corrected chi connectivity index (χ2v) is 2.41. The van der Waals surface area contributed by atoms with Gasteiger partial charge in [-0.2, -0.15) is 0 Å². The summed E-state index contributed by atoms with van der Waals surface area (Å²) in [6.45, 7) is 0. The first-order valence-corrected chi connectivity index (χ1v) is 4.22. The van der Waals surface area contributed by atoms with Gasteiger partial charge in [-0.25, -0.2) is 0 Å². The molecule has 2 aromatic rings. The largest absolute Gasteiger partial charge is 0.497 e. The van der Waals surface area contributed by atoms with Crippen LogP contribution in [0.1, 0.15) is 0 Å². The molecule has 0 radical (unpaired) electrons. The summed E-state index contributed by atoms with van der Waals surface area (Å²) in [4.78, 5) is 7.60. The highest BCUT2D eigenvalue weighted by Gasteiger charge is 1.81. The first-order chi connectivity index (χ1) is 6.93. The highest BCUT2D eigenvalue weighted by Crippen LogP contribution is 2.03. The minimum atomic E-state index is 0.847. The Kier molecular flexibility index (Phi) is 4.80. The van der Waals surface area contributed by atoms with Crippen molar-refractivity contribution in [2.75, 3.05) is 7.11 Å². The average Bonchev–Trinajstić information content (AvgIpc) is 2.33. The fourth-order valence-electron chi connectivity index (χ4n) is 0.787. The summed E-state index contributed by atoms with van der Waals surface area (Å²) in [5.41, 5.74) is 0. The number of pyridine rings is 2. The lowest BCUT2D eigenvalue weighted by Gasteiger charge is -1.93. The van der Waals surface area contributed by atoms with E-state index >= 15 is 0 Å². The van der Waals surface area contributed by atoms with E-state index in [0.717, 1.165) is 5.75 Å². The molecule has 2 rings (SSSR count). The van der Waals surface area contributed by atoms with Crippen LogP contribution >= 0.6 is 0 Å². The summed E-state index contributed by atoms with van der Waals surface area (Å²) in [6.07, 6.45) is 6.89. The Morgan fingerprint density at radius 2 is 1.43 bits per heavy atom. The third-order valence-electron chi connectivity index (χ3n) is 1.45. The Labute approximate surface area is 83.4 Å². The maximum Gasteiger partial charge on any atom is 0.121 e. The van der Waals surface area contributed by atoms with Gasteiger partial charge in [-0.05, 0) is 24.3 Å². The fraction of sp³-hybridized carbons (Fsp3) is 0.0909. The van der Waals surface area contributed by atoms with E-state index in [1.807, 2.05) is 18.2 Å². The zero-order chi connectivity index (χ0) is 10.1. The Balaban J connectivity index is 0.000000146. The van der Waals surface area contributed by atoms with Crippen LogP contribution in [0.4, 0.5) is 0 Å². The molecule has 0 aromatic carbocycles. The summed E-state index contributed by atoms with van der Waals surface area (Å²) in [5.74, 6) is 0.847. The zero-order valence-corrected chi connectivity index (χ0v) is 8.00. The molecule has 0 aliphatic rings. The van der Waals surface area contributed by atoms with Crippen LogP contribution in [0.5, 0.6) is 5.75 Å². The number of aromatic nitrogens is 2. The zero-order valence-electron chi connectivity index (χ0n) is 8.00. The molecule has 0 saturated carbocycles. The maximum absolute atomic E-state index is 4.87. The Hall–Kier alpha value is -1.90. The molecule has 0 bridgehead atoms. The monoisotopic (exact) mass is 188 g/mol. The molecule has 2 aromatic heterocycles. The molecule has 2 heterocycles.